The van der Waals surface area contributed by atoms with E-state index in [0.717, 1.165) is 5.39 Å². The lowest BCUT2D eigenvalue weighted by Gasteiger charge is -2.13. The largest absolute Gasteiger partial charge is 0.490 e. The van der Waals surface area contributed by atoms with Crippen LogP contribution in [0.3, 0.4) is 0 Å². The summed E-state index contributed by atoms with van der Waals surface area (Å²) >= 11 is 6.27. The van der Waals surface area contributed by atoms with Crippen LogP contribution in [-0.2, 0) is 14.3 Å². The highest BCUT2D eigenvalue weighted by Crippen LogP contribution is 2.36. The minimum absolute atomic E-state index is 0.210. The number of methoxy groups -OCH3 is 1. The summed E-state index contributed by atoms with van der Waals surface area (Å²) in [5, 5.41) is 5.05. The summed E-state index contributed by atoms with van der Waals surface area (Å²) in [4.78, 5) is 27.7. The van der Waals surface area contributed by atoms with Gasteiger partial charge in [0.15, 0.2) is 24.7 Å². The average Bonchev–Trinajstić information content (AvgIpc) is 2.82. The summed E-state index contributed by atoms with van der Waals surface area (Å²) in [5.74, 6) is 0.0373. The number of fused-ring (bicyclic) bond motifs is 1. The third-order valence-corrected chi connectivity index (χ3v) is 4.53. The molecule has 0 atom stereocenters. The summed E-state index contributed by atoms with van der Waals surface area (Å²) in [6.07, 6.45) is 3.06. The van der Waals surface area contributed by atoms with Crippen molar-refractivity contribution in [2.75, 3.05) is 26.9 Å². The standard InChI is InChI=1S/C23H22ClN3O6/c1-3-31-19-11-15(10-17(24)23(19)33-14-21(29)30-2)12-26-27-20(28)13-32-18-8-4-6-16-7-5-9-25-22(16)18/h4-12H,3,13-14H2,1-2H3,(H,27,28)/b26-12+. The second-order valence-electron chi connectivity index (χ2n) is 6.54. The fourth-order valence-corrected chi connectivity index (χ4v) is 3.08. The Bertz CT molecular complexity index is 1160. The van der Waals surface area contributed by atoms with Gasteiger partial charge in [0, 0.05) is 11.6 Å². The second kappa shape index (κ2) is 11.7. The van der Waals surface area contributed by atoms with Gasteiger partial charge in [0.05, 0.1) is 25.0 Å². The molecule has 2 aromatic carbocycles. The van der Waals surface area contributed by atoms with Crippen molar-refractivity contribution in [1.82, 2.24) is 10.4 Å². The Balaban J connectivity index is 1.61. The number of hydrogen-bond acceptors (Lipinski definition) is 8. The van der Waals surface area contributed by atoms with Gasteiger partial charge in [0.1, 0.15) is 11.3 Å². The normalized spacial score (nSPS) is 10.8. The van der Waals surface area contributed by atoms with E-state index in [2.05, 4.69) is 20.2 Å². The number of amides is 1. The smallest absolute Gasteiger partial charge is 0.343 e. The minimum Gasteiger partial charge on any atom is -0.490 e. The van der Waals surface area contributed by atoms with Gasteiger partial charge in [-0.05, 0) is 36.8 Å². The van der Waals surface area contributed by atoms with Crippen molar-refractivity contribution >= 4 is 40.6 Å². The molecule has 0 saturated carbocycles. The van der Waals surface area contributed by atoms with E-state index in [1.165, 1.54) is 13.3 Å². The van der Waals surface area contributed by atoms with Gasteiger partial charge in [-0.1, -0.05) is 29.8 Å². The van der Waals surface area contributed by atoms with Crippen molar-refractivity contribution in [2.24, 2.45) is 5.10 Å². The number of aromatic nitrogens is 1. The zero-order valence-electron chi connectivity index (χ0n) is 18.0. The number of hydrazone groups is 1. The number of carbonyl (C=O) groups excluding carboxylic acids is 2. The molecule has 3 aromatic rings. The molecule has 0 radical (unpaired) electrons. The van der Waals surface area contributed by atoms with E-state index < -0.39 is 11.9 Å². The monoisotopic (exact) mass is 471 g/mol. The van der Waals surface area contributed by atoms with Crippen LogP contribution >= 0.6 is 11.6 Å². The molecule has 0 unspecified atom stereocenters. The topological polar surface area (TPSA) is 108 Å². The Morgan fingerprint density at radius 3 is 2.70 bits per heavy atom. The number of halogens is 1. The van der Waals surface area contributed by atoms with Crippen molar-refractivity contribution in [3.05, 3.63) is 59.2 Å². The van der Waals surface area contributed by atoms with E-state index >= 15 is 0 Å². The number of nitrogens with one attached hydrogen (secondary N) is 1. The first-order valence-electron chi connectivity index (χ1n) is 9.96. The molecular weight excluding hydrogens is 450 g/mol. The van der Waals surface area contributed by atoms with Crippen molar-refractivity contribution in [3.8, 4) is 17.2 Å². The van der Waals surface area contributed by atoms with Gasteiger partial charge in [-0.25, -0.2) is 10.2 Å². The highest BCUT2D eigenvalue weighted by atomic mass is 35.5. The van der Waals surface area contributed by atoms with Crippen LogP contribution in [0.5, 0.6) is 17.2 Å². The SMILES string of the molecule is CCOc1cc(/C=N/NC(=O)COc2cccc3cccnc23)cc(Cl)c1OCC(=O)OC. The maximum atomic E-state index is 12.1. The van der Waals surface area contributed by atoms with Crippen LogP contribution in [0.15, 0.2) is 53.8 Å². The molecule has 0 fully saturated rings. The van der Waals surface area contributed by atoms with Gasteiger partial charge in [-0.2, -0.15) is 5.10 Å². The number of rotatable bonds is 10. The van der Waals surface area contributed by atoms with Crippen LogP contribution in [0.1, 0.15) is 12.5 Å². The van der Waals surface area contributed by atoms with E-state index in [-0.39, 0.29) is 24.0 Å². The lowest BCUT2D eigenvalue weighted by atomic mass is 10.2. The van der Waals surface area contributed by atoms with Crippen molar-refractivity contribution < 1.29 is 28.5 Å². The van der Waals surface area contributed by atoms with Crippen LogP contribution < -0.4 is 19.6 Å². The molecule has 0 saturated heterocycles. The van der Waals surface area contributed by atoms with E-state index in [4.69, 9.17) is 25.8 Å². The van der Waals surface area contributed by atoms with Crippen molar-refractivity contribution in [1.29, 1.82) is 0 Å². The molecule has 9 nitrogen and oxygen atoms in total. The van der Waals surface area contributed by atoms with Crippen LogP contribution in [0.25, 0.3) is 10.9 Å². The van der Waals surface area contributed by atoms with Crippen LogP contribution in [0.4, 0.5) is 0 Å². The number of para-hydroxylation sites is 1. The third-order valence-electron chi connectivity index (χ3n) is 4.25. The Hall–Kier alpha value is -3.85. The fraction of sp³-hybridized carbons (Fsp3) is 0.217. The quantitative estimate of drug-likeness (QED) is 0.274. The maximum Gasteiger partial charge on any atom is 0.343 e. The zero-order chi connectivity index (χ0) is 23.6. The molecule has 10 heteroatoms. The first kappa shape index (κ1) is 23.8. The highest BCUT2D eigenvalue weighted by Gasteiger charge is 2.14. The van der Waals surface area contributed by atoms with Gasteiger partial charge < -0.3 is 18.9 Å². The number of benzene rings is 2. The Labute approximate surface area is 195 Å². The summed E-state index contributed by atoms with van der Waals surface area (Å²) in [5.41, 5.74) is 3.61. The third kappa shape index (κ3) is 6.56. The summed E-state index contributed by atoms with van der Waals surface area (Å²) in [7, 11) is 1.26. The van der Waals surface area contributed by atoms with Gasteiger partial charge in [0.2, 0.25) is 0 Å². The summed E-state index contributed by atoms with van der Waals surface area (Å²) < 4.78 is 21.1. The number of nitrogens with zero attached hydrogens (tertiary/aromatic N) is 2. The lowest BCUT2D eigenvalue weighted by Crippen LogP contribution is -2.24. The minimum atomic E-state index is -0.552. The van der Waals surface area contributed by atoms with Gasteiger partial charge in [-0.15, -0.1) is 0 Å². The number of carbonyl (C=O) groups is 2. The molecule has 33 heavy (non-hydrogen) atoms. The number of pyridine rings is 1. The molecule has 0 aliphatic carbocycles. The average molecular weight is 472 g/mol. The molecule has 0 aliphatic heterocycles. The molecular formula is C23H22ClN3O6. The van der Waals surface area contributed by atoms with Crippen molar-refractivity contribution in [2.45, 2.75) is 6.92 Å². The van der Waals surface area contributed by atoms with Gasteiger partial charge in [-0.3, -0.25) is 9.78 Å². The zero-order valence-corrected chi connectivity index (χ0v) is 18.8. The van der Waals surface area contributed by atoms with E-state index in [9.17, 15) is 9.59 Å². The molecule has 0 aliphatic rings. The van der Waals surface area contributed by atoms with Gasteiger partial charge >= 0.3 is 5.97 Å². The first-order chi connectivity index (χ1) is 16.0. The molecule has 1 aromatic heterocycles. The maximum absolute atomic E-state index is 12.1. The lowest BCUT2D eigenvalue weighted by molar-refractivity contribution is -0.142. The molecule has 172 valence electrons. The summed E-state index contributed by atoms with van der Waals surface area (Å²) in [6, 6.07) is 12.4. The van der Waals surface area contributed by atoms with Crippen molar-refractivity contribution in [3.63, 3.8) is 0 Å². The predicted molar refractivity (Wildman–Crippen MR) is 123 cm³/mol. The van der Waals surface area contributed by atoms with Crippen LogP contribution in [0.2, 0.25) is 5.02 Å². The van der Waals surface area contributed by atoms with E-state index in [1.54, 1.807) is 31.3 Å². The van der Waals surface area contributed by atoms with E-state index in [1.807, 2.05) is 24.3 Å². The Morgan fingerprint density at radius 2 is 1.91 bits per heavy atom. The molecule has 3 rings (SSSR count). The van der Waals surface area contributed by atoms with E-state index in [0.29, 0.717) is 29.2 Å². The van der Waals surface area contributed by atoms with Crippen LogP contribution in [-0.4, -0.2) is 50.0 Å². The predicted octanol–water partition coefficient (Wildman–Crippen LogP) is 3.37. The molecule has 1 N–H and O–H groups in total. The molecule has 0 bridgehead atoms. The molecule has 0 spiro atoms. The molecule has 1 amide bonds. The van der Waals surface area contributed by atoms with Gasteiger partial charge in [0.25, 0.3) is 5.91 Å². The highest BCUT2D eigenvalue weighted by molar-refractivity contribution is 6.32. The Kier molecular flexibility index (Phi) is 8.43. The second-order valence-corrected chi connectivity index (χ2v) is 6.95. The summed E-state index contributed by atoms with van der Waals surface area (Å²) in [6.45, 7) is 1.59. The fourth-order valence-electron chi connectivity index (χ4n) is 2.80. The van der Waals surface area contributed by atoms with Crippen LogP contribution in [0, 0.1) is 0 Å². The first-order valence-corrected chi connectivity index (χ1v) is 10.3. The number of hydrogen-bond donors (Lipinski definition) is 1. The Morgan fingerprint density at radius 1 is 1.09 bits per heavy atom. The number of ether oxygens (including phenoxy) is 4. The molecule has 1 heterocycles. The number of esters is 1.